The Morgan fingerprint density at radius 3 is 2.42 bits per heavy atom. The van der Waals surface area contributed by atoms with E-state index in [0.29, 0.717) is 28.8 Å². The van der Waals surface area contributed by atoms with Crippen molar-refractivity contribution < 1.29 is 17.9 Å². The second kappa shape index (κ2) is 8.91. The van der Waals surface area contributed by atoms with Gasteiger partial charge in [0.1, 0.15) is 5.75 Å². The molecule has 0 aliphatic carbocycles. The number of halogens is 1. The van der Waals surface area contributed by atoms with Crippen molar-refractivity contribution >= 4 is 38.9 Å². The van der Waals surface area contributed by atoms with Crippen LogP contribution in [0.3, 0.4) is 0 Å². The first-order chi connectivity index (χ1) is 12.3. The van der Waals surface area contributed by atoms with E-state index in [0.717, 1.165) is 6.26 Å². The average molecular weight is 397 g/mol. The van der Waals surface area contributed by atoms with Crippen LogP contribution in [0.2, 0.25) is 5.02 Å². The molecule has 8 heteroatoms. The third-order valence-corrected chi connectivity index (χ3v) is 4.96. The van der Waals surface area contributed by atoms with Crippen molar-refractivity contribution in [3.05, 3.63) is 53.6 Å². The lowest BCUT2D eigenvalue weighted by molar-refractivity contribution is -0.116. The lowest BCUT2D eigenvalue weighted by atomic mass is 10.2. The molecule has 1 N–H and O–H groups in total. The van der Waals surface area contributed by atoms with Crippen molar-refractivity contribution in [3.8, 4) is 5.75 Å². The summed E-state index contributed by atoms with van der Waals surface area (Å²) in [5.74, 6) is 0.265. The molecule has 2 aromatic rings. The van der Waals surface area contributed by atoms with Crippen molar-refractivity contribution in [1.29, 1.82) is 0 Å². The number of hydrogen-bond donors (Lipinski definition) is 1. The number of ether oxygens (including phenoxy) is 1. The van der Waals surface area contributed by atoms with Crippen molar-refractivity contribution in [3.63, 3.8) is 0 Å². The molecule has 2 aromatic carbocycles. The van der Waals surface area contributed by atoms with E-state index in [-0.39, 0.29) is 18.9 Å². The second-order valence-electron chi connectivity index (χ2n) is 5.54. The Kier molecular flexibility index (Phi) is 6.88. The summed E-state index contributed by atoms with van der Waals surface area (Å²) in [7, 11) is -3.53. The number of nitrogens with zero attached hydrogens (tertiary/aromatic N) is 1. The first-order valence-corrected chi connectivity index (χ1v) is 10.3. The number of carbonyl (C=O) groups is 1. The van der Waals surface area contributed by atoms with Crippen LogP contribution >= 0.6 is 11.6 Å². The number of carbonyl (C=O) groups excluding carboxylic acids is 1. The van der Waals surface area contributed by atoms with E-state index in [4.69, 9.17) is 16.3 Å². The molecule has 140 valence electrons. The van der Waals surface area contributed by atoms with Gasteiger partial charge in [0.05, 0.1) is 24.2 Å². The van der Waals surface area contributed by atoms with Crippen LogP contribution in [-0.4, -0.2) is 33.7 Å². The molecule has 1 amide bonds. The van der Waals surface area contributed by atoms with E-state index in [1.807, 2.05) is 13.0 Å². The molecule has 0 atom stereocenters. The molecule has 0 spiro atoms. The van der Waals surface area contributed by atoms with Gasteiger partial charge in [0.2, 0.25) is 15.9 Å². The minimum atomic E-state index is -3.53. The van der Waals surface area contributed by atoms with Gasteiger partial charge in [0, 0.05) is 18.0 Å². The van der Waals surface area contributed by atoms with Crippen molar-refractivity contribution in [2.75, 3.05) is 29.0 Å². The fourth-order valence-corrected chi connectivity index (χ4v) is 3.41. The largest absolute Gasteiger partial charge is 0.492 e. The van der Waals surface area contributed by atoms with Crippen LogP contribution in [0.5, 0.6) is 5.75 Å². The van der Waals surface area contributed by atoms with Crippen LogP contribution in [0.1, 0.15) is 13.3 Å². The molecule has 0 saturated carbocycles. The lowest BCUT2D eigenvalue weighted by Crippen LogP contribution is -2.33. The highest BCUT2D eigenvalue weighted by molar-refractivity contribution is 7.92. The summed E-state index contributed by atoms with van der Waals surface area (Å²) in [5, 5.41) is 3.26. The monoisotopic (exact) mass is 396 g/mol. The third kappa shape index (κ3) is 5.64. The summed E-state index contributed by atoms with van der Waals surface area (Å²) in [5.41, 5.74) is 1.01. The summed E-state index contributed by atoms with van der Waals surface area (Å²) in [6, 6.07) is 13.5. The van der Waals surface area contributed by atoms with Crippen LogP contribution in [0.25, 0.3) is 0 Å². The first kappa shape index (κ1) is 20.1. The van der Waals surface area contributed by atoms with Crippen LogP contribution in [-0.2, 0) is 14.8 Å². The molecule has 6 nitrogen and oxygen atoms in total. The summed E-state index contributed by atoms with van der Waals surface area (Å²) in [6.07, 6.45) is 1.10. The molecule has 0 unspecified atom stereocenters. The zero-order valence-electron chi connectivity index (χ0n) is 14.6. The molecule has 26 heavy (non-hydrogen) atoms. The zero-order chi connectivity index (χ0) is 19.2. The fraction of sp³-hybridized carbons (Fsp3) is 0.278. The molecule has 0 radical (unpaired) electrons. The molecule has 0 heterocycles. The maximum absolute atomic E-state index is 12.3. The predicted octanol–water partition coefficient (Wildman–Crippen LogP) is 3.53. The van der Waals surface area contributed by atoms with Crippen LogP contribution in [0.4, 0.5) is 11.4 Å². The van der Waals surface area contributed by atoms with Gasteiger partial charge in [-0.25, -0.2) is 8.42 Å². The Morgan fingerprint density at radius 1 is 1.15 bits per heavy atom. The maximum atomic E-state index is 12.3. The highest BCUT2D eigenvalue weighted by atomic mass is 35.5. The van der Waals surface area contributed by atoms with E-state index in [1.54, 1.807) is 42.5 Å². The van der Waals surface area contributed by atoms with Gasteiger partial charge >= 0.3 is 0 Å². The number of sulfonamides is 1. The maximum Gasteiger partial charge on any atom is 0.232 e. The topological polar surface area (TPSA) is 75.7 Å². The Balaban J connectivity index is 2.07. The molecule has 0 bridgehead atoms. The van der Waals surface area contributed by atoms with Gasteiger partial charge in [-0.05, 0) is 43.3 Å². The van der Waals surface area contributed by atoms with Crippen LogP contribution < -0.4 is 14.4 Å². The summed E-state index contributed by atoms with van der Waals surface area (Å²) in [4.78, 5) is 12.3. The molecule has 0 aliphatic rings. The Bertz CT molecular complexity index is 854. The number of rotatable bonds is 8. The van der Waals surface area contributed by atoms with E-state index in [9.17, 15) is 13.2 Å². The van der Waals surface area contributed by atoms with Gasteiger partial charge in [-0.2, -0.15) is 0 Å². The standard InChI is InChI=1S/C18H21ClN2O4S/c1-3-25-17-7-5-4-6-16(17)20-18(22)12-13-21(26(2,23)24)15-10-8-14(19)9-11-15/h4-11H,3,12-13H2,1-2H3,(H,20,22). The SMILES string of the molecule is CCOc1ccccc1NC(=O)CCN(c1ccc(Cl)cc1)S(C)(=O)=O. The highest BCUT2D eigenvalue weighted by Crippen LogP contribution is 2.24. The van der Waals surface area contributed by atoms with Crippen molar-refractivity contribution in [2.24, 2.45) is 0 Å². The summed E-state index contributed by atoms with van der Waals surface area (Å²) >= 11 is 5.84. The van der Waals surface area contributed by atoms with Gasteiger partial charge in [-0.3, -0.25) is 9.10 Å². The quantitative estimate of drug-likeness (QED) is 0.740. The normalized spacial score (nSPS) is 11.0. The van der Waals surface area contributed by atoms with Gasteiger partial charge in [0.15, 0.2) is 0 Å². The summed E-state index contributed by atoms with van der Waals surface area (Å²) in [6.45, 7) is 2.35. The number of benzene rings is 2. The van der Waals surface area contributed by atoms with Gasteiger partial charge in [0.25, 0.3) is 0 Å². The predicted molar refractivity (Wildman–Crippen MR) is 104 cm³/mol. The Morgan fingerprint density at radius 2 is 1.81 bits per heavy atom. The van der Waals surface area contributed by atoms with Gasteiger partial charge in [-0.15, -0.1) is 0 Å². The van der Waals surface area contributed by atoms with Crippen LogP contribution in [0, 0.1) is 0 Å². The molecule has 0 fully saturated rings. The number of para-hydroxylation sites is 2. The third-order valence-electron chi connectivity index (χ3n) is 3.52. The first-order valence-electron chi connectivity index (χ1n) is 8.06. The Hall–Kier alpha value is -2.25. The van der Waals surface area contributed by atoms with E-state index in [2.05, 4.69) is 5.32 Å². The summed E-state index contributed by atoms with van der Waals surface area (Å²) < 4.78 is 30.8. The number of nitrogens with one attached hydrogen (secondary N) is 1. The second-order valence-corrected chi connectivity index (χ2v) is 7.88. The fourth-order valence-electron chi connectivity index (χ4n) is 2.36. The average Bonchev–Trinajstić information content (AvgIpc) is 2.57. The smallest absolute Gasteiger partial charge is 0.232 e. The molecular weight excluding hydrogens is 376 g/mol. The number of amides is 1. The van der Waals surface area contributed by atoms with Crippen molar-refractivity contribution in [2.45, 2.75) is 13.3 Å². The molecule has 0 aliphatic heterocycles. The van der Waals surface area contributed by atoms with E-state index >= 15 is 0 Å². The molecular formula is C18H21ClN2O4S. The van der Waals surface area contributed by atoms with E-state index < -0.39 is 10.0 Å². The Labute approximate surface area is 158 Å². The molecule has 0 saturated heterocycles. The highest BCUT2D eigenvalue weighted by Gasteiger charge is 2.19. The van der Waals surface area contributed by atoms with Crippen molar-refractivity contribution in [1.82, 2.24) is 0 Å². The molecule has 2 rings (SSSR count). The minimum Gasteiger partial charge on any atom is -0.492 e. The van der Waals surface area contributed by atoms with E-state index in [1.165, 1.54) is 4.31 Å². The molecule has 0 aromatic heterocycles. The number of hydrogen-bond acceptors (Lipinski definition) is 4. The van der Waals surface area contributed by atoms with Gasteiger partial charge < -0.3 is 10.1 Å². The minimum absolute atomic E-state index is 0.00381. The lowest BCUT2D eigenvalue weighted by Gasteiger charge is -2.22. The van der Waals surface area contributed by atoms with Crippen LogP contribution in [0.15, 0.2) is 48.5 Å². The van der Waals surface area contributed by atoms with Gasteiger partial charge in [-0.1, -0.05) is 23.7 Å². The zero-order valence-corrected chi connectivity index (χ0v) is 16.2. The number of anilines is 2.